The third-order valence-electron chi connectivity index (χ3n) is 0.310. The Morgan fingerprint density at radius 3 is 1.60 bits per heavy atom. The number of aliphatic carboxylic acids is 2. The highest BCUT2D eigenvalue weighted by molar-refractivity contribution is 5.78. The van der Waals surface area contributed by atoms with Crippen molar-refractivity contribution in [3.05, 3.63) is 12.7 Å². The molecule has 0 atom stereocenters. The molecule has 0 saturated carbocycles. The number of hydrogen-bond donors (Lipinski definition) is 3. The van der Waals surface area contributed by atoms with Crippen LogP contribution in [-0.4, -0.2) is 33.9 Å². The first-order valence-electron chi connectivity index (χ1n) is 2.22. The van der Waals surface area contributed by atoms with Crippen LogP contribution >= 0.6 is 0 Å². The molecule has 5 nitrogen and oxygen atoms in total. The van der Waals surface area contributed by atoms with Gasteiger partial charge in [-0.1, -0.05) is 6.58 Å². The van der Waals surface area contributed by atoms with E-state index in [9.17, 15) is 4.79 Å². The zero-order valence-corrected chi connectivity index (χ0v) is 5.15. The van der Waals surface area contributed by atoms with Crippen LogP contribution in [0.25, 0.3) is 0 Å². The van der Waals surface area contributed by atoms with E-state index < -0.39 is 18.5 Å². The lowest BCUT2D eigenvalue weighted by atomic mass is 10.7. The van der Waals surface area contributed by atoms with Gasteiger partial charge in [0.2, 0.25) is 0 Å². The SMILES string of the molecule is C=CC(=O)O.O=C(O)CO. The van der Waals surface area contributed by atoms with E-state index in [1.54, 1.807) is 0 Å². The van der Waals surface area contributed by atoms with E-state index in [0.717, 1.165) is 6.08 Å². The molecule has 0 bridgehead atoms. The van der Waals surface area contributed by atoms with E-state index >= 15 is 0 Å². The van der Waals surface area contributed by atoms with Crippen molar-refractivity contribution in [1.82, 2.24) is 0 Å². The fourth-order valence-electron chi connectivity index (χ4n) is 0. The van der Waals surface area contributed by atoms with Crippen LogP contribution in [0.5, 0.6) is 0 Å². The lowest BCUT2D eigenvalue weighted by Gasteiger charge is -1.72. The van der Waals surface area contributed by atoms with Gasteiger partial charge in [0, 0.05) is 6.08 Å². The van der Waals surface area contributed by atoms with Gasteiger partial charge >= 0.3 is 11.9 Å². The second-order valence-electron chi connectivity index (χ2n) is 1.09. The Kier molecular flexibility index (Phi) is 8.74. The van der Waals surface area contributed by atoms with Gasteiger partial charge in [0.25, 0.3) is 0 Å². The number of carbonyl (C=O) groups is 2. The predicted octanol–water partition coefficient (Wildman–Crippen LogP) is -0.680. The molecule has 0 aliphatic carbocycles. The number of carboxylic acids is 2. The average Bonchev–Trinajstić information content (AvgIpc) is 1.89. The molecule has 0 aromatic heterocycles. The van der Waals surface area contributed by atoms with Crippen molar-refractivity contribution in [1.29, 1.82) is 0 Å². The van der Waals surface area contributed by atoms with Crippen LogP contribution < -0.4 is 0 Å². The van der Waals surface area contributed by atoms with Gasteiger partial charge in [0.15, 0.2) is 0 Å². The summed E-state index contributed by atoms with van der Waals surface area (Å²) in [6.07, 6.45) is 0.833. The van der Waals surface area contributed by atoms with Gasteiger partial charge in [-0.05, 0) is 0 Å². The molecule has 5 heteroatoms. The number of hydrogen-bond acceptors (Lipinski definition) is 3. The molecule has 0 spiro atoms. The Hall–Kier alpha value is -1.36. The molecule has 0 unspecified atom stereocenters. The number of carboxylic acid groups (broad SMARTS) is 2. The van der Waals surface area contributed by atoms with E-state index in [0.29, 0.717) is 0 Å². The maximum atomic E-state index is 9.25. The summed E-state index contributed by atoms with van der Waals surface area (Å²) in [7, 11) is 0. The molecule has 0 aromatic rings. The van der Waals surface area contributed by atoms with Crippen molar-refractivity contribution in [2.75, 3.05) is 6.61 Å². The largest absolute Gasteiger partial charge is 0.480 e. The summed E-state index contributed by atoms with van der Waals surface area (Å²) in [6.45, 7) is 2.18. The zero-order chi connectivity index (χ0) is 8.57. The number of rotatable bonds is 2. The molecule has 0 aliphatic rings. The molecule has 0 saturated heterocycles. The Morgan fingerprint density at radius 1 is 1.40 bits per heavy atom. The van der Waals surface area contributed by atoms with Gasteiger partial charge in [-0.15, -0.1) is 0 Å². The molecule has 58 valence electrons. The van der Waals surface area contributed by atoms with E-state index in [-0.39, 0.29) is 0 Å². The molecule has 0 amide bonds. The fraction of sp³-hybridized carbons (Fsp3) is 0.200. The van der Waals surface area contributed by atoms with E-state index in [2.05, 4.69) is 6.58 Å². The molecule has 0 aromatic carbocycles. The first-order chi connectivity index (χ1) is 4.54. The first-order valence-corrected chi connectivity index (χ1v) is 2.22. The van der Waals surface area contributed by atoms with E-state index in [4.69, 9.17) is 20.1 Å². The third kappa shape index (κ3) is 30.3. The average molecular weight is 148 g/mol. The quantitative estimate of drug-likeness (QED) is 0.451. The molecule has 0 fully saturated rings. The molecule has 0 aliphatic heterocycles. The highest BCUT2D eigenvalue weighted by Gasteiger charge is 1.82. The van der Waals surface area contributed by atoms with Crippen LogP contribution in [0.4, 0.5) is 0 Å². The lowest BCUT2D eigenvalue weighted by Crippen LogP contribution is -1.98. The van der Waals surface area contributed by atoms with Crippen molar-refractivity contribution < 1.29 is 24.9 Å². The molecular weight excluding hydrogens is 140 g/mol. The van der Waals surface area contributed by atoms with Crippen molar-refractivity contribution in [3.8, 4) is 0 Å². The Morgan fingerprint density at radius 2 is 1.60 bits per heavy atom. The molecule has 0 heterocycles. The normalized spacial score (nSPS) is 6.90. The summed E-state index contributed by atoms with van der Waals surface area (Å²) >= 11 is 0. The predicted molar refractivity (Wildman–Crippen MR) is 32.6 cm³/mol. The monoisotopic (exact) mass is 148 g/mol. The molecular formula is C5H8O5. The standard InChI is InChI=1S/C3H4O2.C2H4O3/c1-2-3(4)5;3-1-2(4)5/h2H,1H2,(H,4,5);3H,1H2,(H,4,5). The van der Waals surface area contributed by atoms with Crippen LogP contribution in [0.3, 0.4) is 0 Å². The molecule has 3 N–H and O–H groups in total. The van der Waals surface area contributed by atoms with Gasteiger partial charge in [0.1, 0.15) is 6.61 Å². The van der Waals surface area contributed by atoms with Crippen LogP contribution in [-0.2, 0) is 9.59 Å². The summed E-state index contributed by atoms with van der Waals surface area (Å²) in [6, 6.07) is 0. The topological polar surface area (TPSA) is 94.8 Å². The van der Waals surface area contributed by atoms with Crippen molar-refractivity contribution in [2.45, 2.75) is 0 Å². The second-order valence-corrected chi connectivity index (χ2v) is 1.09. The van der Waals surface area contributed by atoms with Gasteiger partial charge in [-0.3, -0.25) is 0 Å². The Labute approximate surface area is 57.2 Å². The summed E-state index contributed by atoms with van der Waals surface area (Å²) < 4.78 is 0. The van der Waals surface area contributed by atoms with E-state index in [1.807, 2.05) is 0 Å². The minimum atomic E-state index is -1.19. The summed E-state index contributed by atoms with van der Waals surface area (Å²) in [5, 5.41) is 22.6. The third-order valence-corrected chi connectivity index (χ3v) is 0.310. The minimum Gasteiger partial charge on any atom is -0.480 e. The maximum absolute atomic E-state index is 9.25. The molecule has 0 radical (unpaired) electrons. The van der Waals surface area contributed by atoms with Crippen LogP contribution in [0.1, 0.15) is 0 Å². The maximum Gasteiger partial charge on any atom is 0.329 e. The lowest BCUT2D eigenvalue weighted by molar-refractivity contribution is -0.140. The Balaban J connectivity index is 0. The Bertz CT molecular complexity index is 128. The summed E-state index contributed by atoms with van der Waals surface area (Å²) in [5.41, 5.74) is 0. The smallest absolute Gasteiger partial charge is 0.329 e. The number of aliphatic hydroxyl groups excluding tert-OH is 1. The van der Waals surface area contributed by atoms with E-state index in [1.165, 1.54) is 0 Å². The number of aliphatic hydroxyl groups is 1. The van der Waals surface area contributed by atoms with Crippen LogP contribution in [0.2, 0.25) is 0 Å². The first kappa shape index (κ1) is 11.4. The summed E-state index contributed by atoms with van der Waals surface area (Å²) in [4.78, 5) is 18.4. The second kappa shape index (κ2) is 7.64. The van der Waals surface area contributed by atoms with Gasteiger partial charge in [-0.2, -0.15) is 0 Å². The summed E-state index contributed by atoms with van der Waals surface area (Å²) in [5.74, 6) is -2.17. The highest BCUT2D eigenvalue weighted by atomic mass is 16.4. The molecule has 0 rings (SSSR count). The highest BCUT2D eigenvalue weighted by Crippen LogP contribution is 1.54. The van der Waals surface area contributed by atoms with Crippen molar-refractivity contribution >= 4 is 11.9 Å². The van der Waals surface area contributed by atoms with Crippen molar-refractivity contribution in [3.63, 3.8) is 0 Å². The van der Waals surface area contributed by atoms with Crippen molar-refractivity contribution in [2.24, 2.45) is 0 Å². The van der Waals surface area contributed by atoms with Gasteiger partial charge in [0.05, 0.1) is 0 Å². The zero-order valence-electron chi connectivity index (χ0n) is 5.15. The van der Waals surface area contributed by atoms with Crippen LogP contribution in [0, 0.1) is 0 Å². The fourth-order valence-corrected chi connectivity index (χ4v) is 0. The van der Waals surface area contributed by atoms with Gasteiger partial charge < -0.3 is 15.3 Å². The molecule has 10 heavy (non-hydrogen) atoms. The van der Waals surface area contributed by atoms with Gasteiger partial charge in [-0.25, -0.2) is 9.59 Å². The minimum absolute atomic E-state index is 0.778. The van der Waals surface area contributed by atoms with Crippen LogP contribution in [0.15, 0.2) is 12.7 Å².